The van der Waals surface area contributed by atoms with E-state index >= 15 is 0 Å². The van der Waals surface area contributed by atoms with Crippen molar-refractivity contribution in [2.45, 2.75) is 25.6 Å². The zero-order valence-electron chi connectivity index (χ0n) is 18.8. The lowest BCUT2D eigenvalue weighted by Gasteiger charge is -2.11. The number of aryl methyl sites for hydroxylation is 2. The van der Waals surface area contributed by atoms with Crippen LogP contribution < -0.4 is 10.2 Å². The molecule has 0 radical (unpaired) electrons. The van der Waals surface area contributed by atoms with E-state index in [0.717, 1.165) is 31.8 Å². The van der Waals surface area contributed by atoms with Crippen LogP contribution in [-0.4, -0.2) is 27.8 Å². The van der Waals surface area contributed by atoms with Gasteiger partial charge in [-0.1, -0.05) is 54.2 Å². The van der Waals surface area contributed by atoms with Gasteiger partial charge in [-0.3, -0.25) is 4.79 Å². The minimum atomic E-state index is -0.214. The van der Waals surface area contributed by atoms with Gasteiger partial charge in [0.15, 0.2) is 5.16 Å². The van der Waals surface area contributed by atoms with Crippen molar-refractivity contribution < 1.29 is 9.53 Å². The molecule has 0 unspecified atom stereocenters. The number of benzene rings is 3. The van der Waals surface area contributed by atoms with Crippen molar-refractivity contribution in [3.63, 3.8) is 0 Å². The average molecular weight is 582 g/mol. The third-order valence-electron chi connectivity index (χ3n) is 4.92. The van der Waals surface area contributed by atoms with Crippen LogP contribution >= 0.6 is 34.4 Å². The molecule has 8 heteroatoms. The molecule has 0 atom stereocenters. The average Bonchev–Trinajstić information content (AvgIpc) is 2.82. The first-order valence-electron chi connectivity index (χ1n) is 10.6. The van der Waals surface area contributed by atoms with E-state index in [-0.39, 0.29) is 11.7 Å². The van der Waals surface area contributed by atoms with Gasteiger partial charge < -0.3 is 4.74 Å². The minimum Gasteiger partial charge on any atom is -0.488 e. The highest BCUT2D eigenvalue weighted by Crippen LogP contribution is 2.25. The van der Waals surface area contributed by atoms with Gasteiger partial charge in [-0.15, -0.1) is 0 Å². The van der Waals surface area contributed by atoms with Gasteiger partial charge >= 0.3 is 0 Å². The summed E-state index contributed by atoms with van der Waals surface area (Å²) in [6.45, 7) is 4.30. The van der Waals surface area contributed by atoms with Gasteiger partial charge in [-0.05, 0) is 82.6 Å². The molecule has 0 saturated carbocycles. The number of halogens is 1. The maximum absolute atomic E-state index is 12.1. The molecule has 172 valence electrons. The van der Waals surface area contributed by atoms with Gasteiger partial charge in [0.1, 0.15) is 12.4 Å². The molecule has 0 aliphatic rings. The molecule has 1 heterocycles. The lowest BCUT2D eigenvalue weighted by atomic mass is 10.1. The largest absolute Gasteiger partial charge is 0.488 e. The van der Waals surface area contributed by atoms with E-state index in [9.17, 15) is 4.79 Å². The molecule has 34 heavy (non-hydrogen) atoms. The molecule has 1 aromatic heterocycles. The lowest BCUT2D eigenvalue weighted by Crippen LogP contribution is -2.19. The van der Waals surface area contributed by atoms with E-state index in [4.69, 9.17) is 4.74 Å². The summed E-state index contributed by atoms with van der Waals surface area (Å²) in [6, 6.07) is 22.2. The van der Waals surface area contributed by atoms with Crippen molar-refractivity contribution >= 4 is 57.2 Å². The van der Waals surface area contributed by atoms with Gasteiger partial charge in [0.05, 0.1) is 15.5 Å². The number of nitrogens with zero attached hydrogens (tertiary/aromatic N) is 3. The van der Waals surface area contributed by atoms with Crippen molar-refractivity contribution in [1.29, 1.82) is 0 Å². The molecule has 0 aliphatic heterocycles. The van der Waals surface area contributed by atoms with Crippen molar-refractivity contribution in [1.82, 2.24) is 15.4 Å². The second-order valence-electron chi connectivity index (χ2n) is 7.63. The van der Waals surface area contributed by atoms with Crippen molar-refractivity contribution in [3.8, 4) is 5.75 Å². The first kappa shape index (κ1) is 24.2. The van der Waals surface area contributed by atoms with Gasteiger partial charge in [-0.25, -0.2) is 15.4 Å². The molecule has 0 fully saturated rings. The molecule has 4 aromatic rings. The Kier molecular flexibility index (Phi) is 8.12. The van der Waals surface area contributed by atoms with Gasteiger partial charge in [-0.2, -0.15) is 5.10 Å². The highest BCUT2D eigenvalue weighted by atomic mass is 127. The van der Waals surface area contributed by atoms with Crippen LogP contribution in [0.5, 0.6) is 5.75 Å². The van der Waals surface area contributed by atoms with E-state index in [1.807, 2.05) is 56.3 Å². The number of hydrogen-bond acceptors (Lipinski definition) is 6. The number of aromatic nitrogens is 2. The zero-order valence-corrected chi connectivity index (χ0v) is 21.8. The Bertz CT molecular complexity index is 1330. The highest BCUT2D eigenvalue weighted by molar-refractivity contribution is 14.1. The molecule has 0 spiro atoms. The molecule has 3 aromatic carbocycles. The van der Waals surface area contributed by atoms with Crippen molar-refractivity contribution in [2.75, 3.05) is 5.75 Å². The van der Waals surface area contributed by atoms with Crippen LogP contribution in [0, 0.1) is 17.4 Å². The number of hydrazone groups is 1. The molecule has 0 aliphatic carbocycles. The standard InChI is InChI=1S/C26H23IN4O2S/c1-17-12-18(2)30-26(29-17)34-16-25(32)31-28-14-19-10-11-24(23(27)13-19)33-15-21-8-5-7-20-6-3-4-9-22(20)21/h3-14H,15-16H2,1-2H3,(H,31,32)/b28-14-. The van der Waals surface area contributed by atoms with Crippen LogP contribution in [-0.2, 0) is 11.4 Å². The third kappa shape index (κ3) is 6.54. The zero-order chi connectivity index (χ0) is 23.9. The van der Waals surface area contributed by atoms with Gasteiger partial charge in [0.2, 0.25) is 0 Å². The van der Waals surface area contributed by atoms with Crippen LogP contribution in [0.4, 0.5) is 0 Å². The number of rotatable bonds is 8. The number of ether oxygens (including phenoxy) is 1. The van der Waals surface area contributed by atoms with E-state index in [1.165, 1.54) is 22.5 Å². The van der Waals surface area contributed by atoms with Gasteiger partial charge in [0, 0.05) is 11.4 Å². The van der Waals surface area contributed by atoms with E-state index in [1.54, 1.807) is 6.21 Å². The fourth-order valence-electron chi connectivity index (χ4n) is 3.39. The number of hydrogen-bond donors (Lipinski definition) is 1. The summed E-state index contributed by atoms with van der Waals surface area (Å²) in [5.74, 6) is 0.784. The van der Waals surface area contributed by atoms with Crippen molar-refractivity contribution in [3.05, 3.63) is 92.8 Å². The quantitative estimate of drug-likeness (QED) is 0.0953. The van der Waals surface area contributed by atoms with Crippen molar-refractivity contribution in [2.24, 2.45) is 5.10 Å². The Balaban J connectivity index is 1.30. The van der Waals surface area contributed by atoms with Crippen LogP contribution in [0.2, 0.25) is 0 Å². The minimum absolute atomic E-state index is 0.193. The molecular formula is C26H23IN4O2S. The normalized spacial score (nSPS) is 11.1. The van der Waals surface area contributed by atoms with Gasteiger partial charge in [0.25, 0.3) is 5.91 Å². The maximum Gasteiger partial charge on any atom is 0.250 e. The first-order chi connectivity index (χ1) is 16.5. The number of thioether (sulfide) groups is 1. The highest BCUT2D eigenvalue weighted by Gasteiger charge is 2.07. The Morgan fingerprint density at radius 1 is 1.06 bits per heavy atom. The molecule has 0 bridgehead atoms. The first-order valence-corrected chi connectivity index (χ1v) is 12.7. The van der Waals surface area contributed by atoms with Crippen LogP contribution in [0.1, 0.15) is 22.5 Å². The van der Waals surface area contributed by atoms with Crippen LogP contribution in [0.3, 0.4) is 0 Å². The summed E-state index contributed by atoms with van der Waals surface area (Å²) >= 11 is 3.53. The topological polar surface area (TPSA) is 76.5 Å². The molecular weight excluding hydrogens is 559 g/mol. The maximum atomic E-state index is 12.1. The Morgan fingerprint density at radius 2 is 1.82 bits per heavy atom. The molecule has 6 nitrogen and oxygen atoms in total. The molecule has 1 amide bonds. The summed E-state index contributed by atoms with van der Waals surface area (Å²) in [5.41, 5.74) is 6.33. The van der Waals surface area contributed by atoms with Crippen LogP contribution in [0.15, 0.2) is 77.0 Å². The summed E-state index contributed by atoms with van der Waals surface area (Å²) in [4.78, 5) is 20.7. The van der Waals surface area contributed by atoms with Crippen LogP contribution in [0.25, 0.3) is 10.8 Å². The Labute approximate surface area is 216 Å². The number of nitrogens with one attached hydrogen (secondary N) is 1. The Morgan fingerprint density at radius 3 is 2.62 bits per heavy atom. The fraction of sp³-hybridized carbons (Fsp3) is 0.154. The van der Waals surface area contributed by atoms with E-state index < -0.39 is 0 Å². The molecule has 4 rings (SSSR count). The lowest BCUT2D eigenvalue weighted by molar-refractivity contribution is -0.118. The number of carbonyl (C=O) groups is 1. The number of amides is 1. The number of fused-ring (bicyclic) bond motifs is 1. The Hall–Kier alpha value is -2.98. The summed E-state index contributed by atoms with van der Waals surface area (Å²) in [6.07, 6.45) is 1.62. The number of carbonyl (C=O) groups excluding carboxylic acids is 1. The second kappa shape index (κ2) is 11.4. The predicted octanol–water partition coefficient (Wildman–Crippen LogP) is 5.67. The molecule has 1 N–H and O–H groups in total. The smallest absolute Gasteiger partial charge is 0.250 e. The summed E-state index contributed by atoms with van der Waals surface area (Å²) in [5, 5.41) is 7.05. The SMILES string of the molecule is Cc1cc(C)nc(SCC(=O)N/N=C\c2ccc(OCc3cccc4ccccc34)c(I)c2)n1. The third-order valence-corrected chi connectivity index (χ3v) is 6.61. The summed E-state index contributed by atoms with van der Waals surface area (Å²) < 4.78 is 7.05. The molecule has 0 saturated heterocycles. The monoisotopic (exact) mass is 582 g/mol. The fourth-order valence-corrected chi connectivity index (χ4v) is 4.82. The summed E-state index contributed by atoms with van der Waals surface area (Å²) in [7, 11) is 0. The van der Waals surface area contributed by atoms with E-state index in [2.05, 4.69) is 67.4 Å². The predicted molar refractivity (Wildman–Crippen MR) is 145 cm³/mol. The second-order valence-corrected chi connectivity index (χ2v) is 9.74. The van der Waals surface area contributed by atoms with E-state index in [0.29, 0.717) is 11.8 Å².